The standard InChI is InChI=1S/C47H43Cl5N8O8/c1-5-67-38-11-7-9-29(22-48)42(38)55-44(63)27-13-16-33(51)36(20-27)57-59-40(25(3)61)46(65)53-32-15-18-35(31(19-32)24-50)54-47(66)41(26(4)62)60-58-37-21-28(14-17-34(37)52)45(64)56-43-30(23-49)10-8-12-39(43)68-6-2/h7-21,40-41H,5-6,22-24H2,1-4H3,(H,53,65)(H,54,66)(H,55,63)(H,56,64). The Balaban J connectivity index is 1.28. The molecule has 354 valence electrons. The molecule has 0 spiro atoms. The number of Topliss-reactive ketones (excluding diaryl/α,β-unsaturated/α-hetero) is 2. The summed E-state index contributed by atoms with van der Waals surface area (Å²) in [5, 5.41) is 27.0. The molecule has 4 amide bonds. The first-order chi connectivity index (χ1) is 32.6. The quantitative estimate of drug-likeness (QED) is 0.0314. The van der Waals surface area contributed by atoms with Crippen molar-refractivity contribution in [3.8, 4) is 11.5 Å². The van der Waals surface area contributed by atoms with Gasteiger partial charge >= 0.3 is 0 Å². The second-order valence-corrected chi connectivity index (χ2v) is 16.0. The van der Waals surface area contributed by atoms with Crippen LogP contribution in [0.3, 0.4) is 0 Å². The van der Waals surface area contributed by atoms with Crippen molar-refractivity contribution in [1.29, 1.82) is 0 Å². The van der Waals surface area contributed by atoms with Gasteiger partial charge in [-0.15, -0.1) is 34.8 Å². The van der Waals surface area contributed by atoms with Crippen molar-refractivity contribution < 1.29 is 38.2 Å². The number of nitrogens with one attached hydrogen (secondary N) is 4. The lowest BCUT2D eigenvalue weighted by Gasteiger charge is -2.15. The lowest BCUT2D eigenvalue weighted by Crippen LogP contribution is -2.32. The fourth-order valence-electron chi connectivity index (χ4n) is 6.24. The Morgan fingerprint density at radius 2 is 0.985 bits per heavy atom. The molecular formula is C47H43Cl5N8O8. The number of para-hydroxylation sites is 2. The third-order valence-electron chi connectivity index (χ3n) is 9.61. The zero-order valence-corrected chi connectivity index (χ0v) is 40.6. The van der Waals surface area contributed by atoms with Gasteiger partial charge in [0.05, 0.1) is 34.6 Å². The summed E-state index contributed by atoms with van der Waals surface area (Å²) in [4.78, 5) is 79.0. The van der Waals surface area contributed by atoms with Crippen LogP contribution in [0, 0.1) is 0 Å². The number of ketones is 2. The van der Waals surface area contributed by atoms with Crippen LogP contribution in [0.25, 0.3) is 0 Å². The van der Waals surface area contributed by atoms with Crippen LogP contribution in [-0.4, -0.2) is 60.5 Å². The van der Waals surface area contributed by atoms with Crippen molar-refractivity contribution in [3.63, 3.8) is 0 Å². The largest absolute Gasteiger partial charge is 0.492 e. The maximum atomic E-state index is 13.5. The van der Waals surface area contributed by atoms with Crippen LogP contribution < -0.4 is 30.7 Å². The van der Waals surface area contributed by atoms with E-state index in [0.29, 0.717) is 52.8 Å². The molecule has 2 unspecified atom stereocenters. The fourth-order valence-corrected chi connectivity index (χ4v) is 7.21. The lowest BCUT2D eigenvalue weighted by molar-refractivity contribution is -0.127. The number of halogens is 5. The Morgan fingerprint density at radius 1 is 0.544 bits per heavy atom. The van der Waals surface area contributed by atoms with Crippen LogP contribution >= 0.6 is 58.0 Å². The lowest BCUT2D eigenvalue weighted by atomic mass is 10.1. The molecule has 0 saturated heterocycles. The second kappa shape index (κ2) is 25.1. The Kier molecular flexibility index (Phi) is 19.4. The number of amides is 4. The number of hydrogen-bond donors (Lipinski definition) is 4. The molecule has 4 N–H and O–H groups in total. The van der Waals surface area contributed by atoms with E-state index in [0.717, 1.165) is 13.8 Å². The highest BCUT2D eigenvalue weighted by atomic mass is 35.5. The van der Waals surface area contributed by atoms with E-state index in [1.54, 1.807) is 50.2 Å². The third kappa shape index (κ3) is 13.6. The average Bonchev–Trinajstić information content (AvgIpc) is 3.31. The maximum Gasteiger partial charge on any atom is 0.258 e. The van der Waals surface area contributed by atoms with Gasteiger partial charge in [0.2, 0.25) is 12.1 Å². The molecule has 21 heteroatoms. The first-order valence-corrected chi connectivity index (χ1v) is 22.9. The average molecular weight is 1030 g/mol. The Bertz CT molecular complexity index is 2790. The highest BCUT2D eigenvalue weighted by Gasteiger charge is 2.27. The van der Waals surface area contributed by atoms with E-state index >= 15 is 0 Å². The van der Waals surface area contributed by atoms with Gasteiger partial charge in [-0.2, -0.15) is 20.5 Å². The summed E-state index contributed by atoms with van der Waals surface area (Å²) in [6.07, 6.45) is 0. The number of alkyl halides is 3. The van der Waals surface area contributed by atoms with E-state index in [9.17, 15) is 28.8 Å². The summed E-state index contributed by atoms with van der Waals surface area (Å²) in [5.41, 5.74) is 2.98. The Labute approximate surface area is 416 Å². The minimum Gasteiger partial charge on any atom is -0.492 e. The first kappa shape index (κ1) is 52.5. The van der Waals surface area contributed by atoms with Gasteiger partial charge in [0, 0.05) is 40.1 Å². The van der Waals surface area contributed by atoms with Crippen LogP contribution in [0.1, 0.15) is 65.1 Å². The molecule has 5 aromatic rings. The van der Waals surface area contributed by atoms with Crippen LogP contribution in [0.4, 0.5) is 34.1 Å². The Hall–Kier alpha value is -6.43. The van der Waals surface area contributed by atoms with Gasteiger partial charge in [-0.3, -0.25) is 28.8 Å². The molecule has 0 aliphatic heterocycles. The van der Waals surface area contributed by atoms with E-state index in [2.05, 4.69) is 41.7 Å². The summed E-state index contributed by atoms with van der Waals surface area (Å²) < 4.78 is 11.3. The molecular weight excluding hydrogens is 982 g/mol. The number of nitrogens with zero attached hydrogens (tertiary/aromatic N) is 4. The fraction of sp³-hybridized carbons (Fsp3) is 0.234. The van der Waals surface area contributed by atoms with Crippen molar-refractivity contribution in [3.05, 3.63) is 129 Å². The smallest absolute Gasteiger partial charge is 0.258 e. The molecule has 0 bridgehead atoms. The first-order valence-electron chi connectivity index (χ1n) is 20.6. The zero-order chi connectivity index (χ0) is 49.5. The summed E-state index contributed by atoms with van der Waals surface area (Å²) in [6, 6.07) is 19.8. The number of carbonyl (C=O) groups excluding carboxylic acids is 6. The van der Waals surface area contributed by atoms with E-state index in [-0.39, 0.29) is 61.6 Å². The van der Waals surface area contributed by atoms with Gasteiger partial charge in [-0.1, -0.05) is 47.5 Å². The number of ether oxygens (including phenoxy) is 2. The van der Waals surface area contributed by atoms with Gasteiger partial charge in [0.1, 0.15) is 22.9 Å². The second-order valence-electron chi connectivity index (χ2n) is 14.4. The van der Waals surface area contributed by atoms with Gasteiger partial charge in [0.25, 0.3) is 23.6 Å². The highest BCUT2D eigenvalue weighted by molar-refractivity contribution is 6.33. The zero-order valence-electron chi connectivity index (χ0n) is 36.8. The molecule has 0 radical (unpaired) electrons. The number of carbonyl (C=O) groups is 6. The molecule has 0 saturated carbocycles. The molecule has 2 atom stereocenters. The van der Waals surface area contributed by atoms with Gasteiger partial charge in [-0.25, -0.2) is 0 Å². The summed E-state index contributed by atoms with van der Waals surface area (Å²) in [7, 11) is 0. The van der Waals surface area contributed by atoms with Crippen LogP contribution in [0.5, 0.6) is 11.5 Å². The highest BCUT2D eigenvalue weighted by Crippen LogP contribution is 2.34. The van der Waals surface area contributed by atoms with Crippen molar-refractivity contribution >= 4 is 127 Å². The van der Waals surface area contributed by atoms with E-state index < -0.39 is 47.3 Å². The van der Waals surface area contributed by atoms with E-state index in [4.69, 9.17) is 67.5 Å². The minimum atomic E-state index is -1.65. The monoisotopic (exact) mass is 1020 g/mol. The Morgan fingerprint density at radius 3 is 1.40 bits per heavy atom. The molecule has 0 aliphatic carbocycles. The SMILES string of the molecule is CCOc1cccc(CCl)c1NC(=O)c1ccc(Cl)c(N=NC(C(C)=O)C(=O)Nc2ccc(NC(=O)C(N=Nc3cc(C(=O)Nc4c(CCl)cccc4OCC)ccc3Cl)C(C)=O)c(CCl)c2)c1. The number of benzene rings is 5. The van der Waals surface area contributed by atoms with E-state index in [1.165, 1.54) is 54.6 Å². The molecule has 5 rings (SSSR count). The molecule has 0 aromatic heterocycles. The minimum absolute atomic E-state index is 0.0000554. The number of hydrogen-bond acceptors (Lipinski definition) is 12. The molecule has 0 aliphatic rings. The van der Waals surface area contributed by atoms with Crippen molar-refractivity contribution in [2.24, 2.45) is 20.5 Å². The van der Waals surface area contributed by atoms with Crippen LogP contribution in [-0.2, 0) is 36.8 Å². The predicted octanol–water partition coefficient (Wildman–Crippen LogP) is 11.9. The molecule has 5 aromatic carbocycles. The summed E-state index contributed by atoms with van der Waals surface area (Å²) >= 11 is 31.2. The maximum absolute atomic E-state index is 13.5. The predicted molar refractivity (Wildman–Crippen MR) is 264 cm³/mol. The topological polar surface area (TPSA) is 218 Å². The molecule has 68 heavy (non-hydrogen) atoms. The summed E-state index contributed by atoms with van der Waals surface area (Å²) in [6.45, 7) is 6.60. The van der Waals surface area contributed by atoms with Crippen molar-refractivity contribution in [2.45, 2.75) is 57.4 Å². The normalized spacial score (nSPS) is 12.0. The van der Waals surface area contributed by atoms with Gasteiger partial charge in [-0.05, 0) is 111 Å². The summed E-state index contributed by atoms with van der Waals surface area (Å²) in [5.74, 6) is -3.23. The molecule has 0 fully saturated rings. The van der Waals surface area contributed by atoms with Crippen molar-refractivity contribution in [1.82, 2.24) is 0 Å². The molecule has 16 nitrogen and oxygen atoms in total. The molecule has 0 heterocycles. The number of azo groups is 2. The van der Waals surface area contributed by atoms with Crippen LogP contribution in [0.15, 0.2) is 111 Å². The van der Waals surface area contributed by atoms with Crippen molar-refractivity contribution in [2.75, 3.05) is 34.5 Å². The van der Waals surface area contributed by atoms with E-state index in [1.807, 2.05) is 0 Å². The number of rotatable bonds is 21. The number of anilines is 4. The van der Waals surface area contributed by atoms with Crippen LogP contribution in [0.2, 0.25) is 10.0 Å². The van der Waals surface area contributed by atoms with Gasteiger partial charge in [0.15, 0.2) is 11.6 Å². The third-order valence-corrected chi connectivity index (χ3v) is 11.1. The van der Waals surface area contributed by atoms with Gasteiger partial charge < -0.3 is 30.7 Å².